The molecule has 0 aromatic heterocycles. The van der Waals surface area contributed by atoms with Crippen molar-refractivity contribution in [1.29, 1.82) is 0 Å². The average molecular weight is 329 g/mol. The van der Waals surface area contributed by atoms with Crippen molar-refractivity contribution in [1.82, 2.24) is 9.80 Å². The van der Waals surface area contributed by atoms with Crippen LogP contribution in [0.1, 0.15) is 36.5 Å². The van der Waals surface area contributed by atoms with Crippen LogP contribution in [0.4, 0.5) is 5.69 Å². The Bertz CT molecular complexity index is 604. The number of hydrogen-bond donors (Lipinski definition) is 1. The molecule has 2 atom stereocenters. The lowest BCUT2D eigenvalue weighted by molar-refractivity contribution is -0.117. The monoisotopic (exact) mass is 329 g/mol. The van der Waals surface area contributed by atoms with Crippen LogP contribution in [0.5, 0.6) is 0 Å². The number of nitrogens with one attached hydrogen (secondary N) is 1. The molecule has 1 N–H and O–H groups in total. The minimum absolute atomic E-state index is 0.0842. The summed E-state index contributed by atoms with van der Waals surface area (Å²) in [6, 6.07) is 7.84. The largest absolute Gasteiger partial charge is 0.339 e. The highest BCUT2D eigenvalue weighted by Crippen LogP contribution is 2.38. The van der Waals surface area contributed by atoms with Gasteiger partial charge in [-0.2, -0.15) is 0 Å². The summed E-state index contributed by atoms with van der Waals surface area (Å²) in [6.07, 6.45) is 3.02. The highest BCUT2D eigenvalue weighted by atomic mass is 16.2. The van der Waals surface area contributed by atoms with Crippen LogP contribution in [-0.4, -0.2) is 54.8 Å². The lowest BCUT2D eigenvalue weighted by Crippen LogP contribution is -2.44. The highest BCUT2D eigenvalue weighted by molar-refractivity contribution is 5.97. The second kappa shape index (κ2) is 6.93. The number of anilines is 1. The van der Waals surface area contributed by atoms with Gasteiger partial charge in [0, 0.05) is 36.3 Å². The third-order valence-corrected chi connectivity index (χ3v) is 5.33. The smallest absolute Gasteiger partial charge is 0.253 e. The van der Waals surface area contributed by atoms with Crippen LogP contribution in [-0.2, 0) is 4.79 Å². The lowest BCUT2D eigenvalue weighted by atomic mass is 10.0. The summed E-state index contributed by atoms with van der Waals surface area (Å²) in [4.78, 5) is 28.7. The molecule has 0 unspecified atom stereocenters. The van der Waals surface area contributed by atoms with Gasteiger partial charge in [0.15, 0.2) is 0 Å². The number of carbonyl (C=O) groups is 2. The number of piperidine rings is 1. The van der Waals surface area contributed by atoms with Gasteiger partial charge in [-0.15, -0.1) is 0 Å². The van der Waals surface area contributed by atoms with Crippen molar-refractivity contribution in [3.05, 3.63) is 29.8 Å². The Hall–Kier alpha value is -1.88. The summed E-state index contributed by atoms with van der Waals surface area (Å²) in [5.41, 5.74) is 1.46. The van der Waals surface area contributed by atoms with E-state index in [1.165, 1.54) is 0 Å². The van der Waals surface area contributed by atoms with Gasteiger partial charge in [0.1, 0.15) is 0 Å². The number of amides is 2. The predicted octanol–water partition coefficient (Wildman–Crippen LogP) is 2.45. The van der Waals surface area contributed by atoms with Crippen molar-refractivity contribution in [2.45, 2.75) is 32.2 Å². The van der Waals surface area contributed by atoms with E-state index in [0.29, 0.717) is 17.5 Å². The molecule has 5 heteroatoms. The van der Waals surface area contributed by atoms with E-state index >= 15 is 0 Å². The molecule has 0 radical (unpaired) electrons. The van der Waals surface area contributed by atoms with Crippen molar-refractivity contribution in [2.24, 2.45) is 11.8 Å². The molecule has 0 bridgehead atoms. The van der Waals surface area contributed by atoms with E-state index < -0.39 is 0 Å². The predicted molar refractivity (Wildman–Crippen MR) is 95.0 cm³/mol. The third kappa shape index (κ3) is 3.78. The Balaban J connectivity index is 1.55. The van der Waals surface area contributed by atoms with Gasteiger partial charge in [0.05, 0.1) is 0 Å². The van der Waals surface area contributed by atoms with Gasteiger partial charge in [-0.3, -0.25) is 9.59 Å². The zero-order valence-electron chi connectivity index (χ0n) is 14.8. The molecule has 1 saturated heterocycles. The second-order valence-electron chi connectivity index (χ2n) is 7.37. The molecule has 2 amide bonds. The SMILES string of the molecule is C[C@H]1C[C@H]1C(=O)Nc1ccc(C(=O)N2CCC(N(C)C)CC2)cc1. The Morgan fingerprint density at radius 3 is 2.21 bits per heavy atom. The molecule has 0 spiro atoms. The number of rotatable bonds is 4. The van der Waals surface area contributed by atoms with Crippen LogP contribution in [0.15, 0.2) is 24.3 Å². The summed E-state index contributed by atoms with van der Waals surface area (Å²) in [5.74, 6) is 0.827. The van der Waals surface area contributed by atoms with Gasteiger partial charge >= 0.3 is 0 Å². The van der Waals surface area contributed by atoms with E-state index in [0.717, 1.165) is 38.0 Å². The molecule has 1 heterocycles. The Morgan fingerprint density at radius 1 is 1.12 bits per heavy atom. The van der Waals surface area contributed by atoms with Crippen molar-refractivity contribution in [3.8, 4) is 0 Å². The number of nitrogens with zero attached hydrogens (tertiary/aromatic N) is 2. The van der Waals surface area contributed by atoms with E-state index in [4.69, 9.17) is 0 Å². The minimum atomic E-state index is 0.0842. The number of carbonyl (C=O) groups excluding carboxylic acids is 2. The van der Waals surface area contributed by atoms with Gasteiger partial charge in [-0.25, -0.2) is 0 Å². The topological polar surface area (TPSA) is 52.7 Å². The third-order valence-electron chi connectivity index (χ3n) is 5.33. The fraction of sp³-hybridized carbons (Fsp3) is 0.579. The van der Waals surface area contributed by atoms with E-state index in [1.54, 1.807) is 0 Å². The van der Waals surface area contributed by atoms with Crippen molar-refractivity contribution < 1.29 is 9.59 Å². The van der Waals surface area contributed by atoms with Crippen LogP contribution < -0.4 is 5.32 Å². The van der Waals surface area contributed by atoms with E-state index in [9.17, 15) is 9.59 Å². The highest BCUT2D eigenvalue weighted by Gasteiger charge is 2.39. The molecule has 5 nitrogen and oxygen atoms in total. The van der Waals surface area contributed by atoms with Crippen molar-refractivity contribution in [3.63, 3.8) is 0 Å². The molecular weight excluding hydrogens is 302 g/mol. The Labute approximate surface area is 144 Å². The van der Waals surface area contributed by atoms with Gasteiger partial charge in [0.2, 0.25) is 5.91 Å². The fourth-order valence-corrected chi connectivity index (χ4v) is 3.39. The first-order valence-electron chi connectivity index (χ1n) is 8.82. The number of benzene rings is 1. The summed E-state index contributed by atoms with van der Waals surface area (Å²) < 4.78 is 0. The van der Waals surface area contributed by atoms with Crippen LogP contribution >= 0.6 is 0 Å². The molecule has 1 aliphatic carbocycles. The molecule has 2 aliphatic rings. The molecule has 1 aromatic carbocycles. The molecule has 1 saturated carbocycles. The summed E-state index contributed by atoms with van der Waals surface area (Å²) in [5, 5.41) is 2.93. The fourth-order valence-electron chi connectivity index (χ4n) is 3.39. The van der Waals surface area contributed by atoms with Gasteiger partial charge < -0.3 is 15.1 Å². The normalized spacial score (nSPS) is 24.1. The zero-order valence-corrected chi connectivity index (χ0v) is 14.8. The zero-order chi connectivity index (χ0) is 17.3. The first-order valence-corrected chi connectivity index (χ1v) is 8.82. The first kappa shape index (κ1) is 17.0. The summed E-state index contributed by atoms with van der Waals surface area (Å²) >= 11 is 0. The maximum absolute atomic E-state index is 12.6. The molecule has 1 aromatic rings. The van der Waals surface area contributed by atoms with E-state index in [-0.39, 0.29) is 17.7 Å². The average Bonchev–Trinajstić information content (AvgIpc) is 3.32. The van der Waals surface area contributed by atoms with Crippen LogP contribution in [0.3, 0.4) is 0 Å². The quantitative estimate of drug-likeness (QED) is 0.923. The van der Waals surface area contributed by atoms with Crippen LogP contribution in [0, 0.1) is 11.8 Å². The van der Waals surface area contributed by atoms with E-state index in [1.807, 2.05) is 29.2 Å². The lowest BCUT2D eigenvalue weighted by Gasteiger charge is -2.35. The molecule has 24 heavy (non-hydrogen) atoms. The maximum Gasteiger partial charge on any atom is 0.253 e. The molecule has 130 valence electrons. The number of hydrogen-bond acceptors (Lipinski definition) is 3. The van der Waals surface area contributed by atoms with Gasteiger partial charge in [0.25, 0.3) is 5.91 Å². The minimum Gasteiger partial charge on any atom is -0.339 e. The van der Waals surface area contributed by atoms with Gasteiger partial charge in [-0.1, -0.05) is 6.92 Å². The van der Waals surface area contributed by atoms with Crippen molar-refractivity contribution >= 4 is 17.5 Å². The Morgan fingerprint density at radius 2 is 1.71 bits per heavy atom. The Kier molecular flexibility index (Phi) is 4.90. The molecule has 2 fully saturated rings. The number of likely N-dealkylation sites (tertiary alicyclic amines) is 1. The molecule has 1 aliphatic heterocycles. The molecular formula is C19H27N3O2. The van der Waals surface area contributed by atoms with Crippen molar-refractivity contribution in [2.75, 3.05) is 32.5 Å². The van der Waals surface area contributed by atoms with Gasteiger partial charge in [-0.05, 0) is 63.5 Å². The van der Waals surface area contributed by atoms with Crippen LogP contribution in [0.25, 0.3) is 0 Å². The second-order valence-corrected chi connectivity index (χ2v) is 7.37. The standard InChI is InChI=1S/C19H27N3O2/c1-13-12-17(13)18(23)20-15-6-4-14(5-7-15)19(24)22-10-8-16(9-11-22)21(2)3/h4-7,13,16-17H,8-12H2,1-3H3,(H,20,23)/t13-,17+/m0/s1. The maximum atomic E-state index is 12.6. The first-order chi connectivity index (χ1) is 11.5. The summed E-state index contributed by atoms with van der Waals surface area (Å²) in [7, 11) is 4.19. The van der Waals surface area contributed by atoms with Crippen LogP contribution in [0.2, 0.25) is 0 Å². The molecule has 3 rings (SSSR count). The van der Waals surface area contributed by atoms with E-state index in [2.05, 4.69) is 31.2 Å². The summed E-state index contributed by atoms with van der Waals surface area (Å²) in [6.45, 7) is 3.70.